The molecule has 0 saturated heterocycles. The van der Waals surface area contributed by atoms with Gasteiger partial charge >= 0.3 is 5.97 Å². The standard InChI is InChI=1S/C21H24N2O5S/c1-15-4-3-5-18(14-15)8-11-20(24)28-16(2)21(25)23-13-12-17-6-9-19(10-7-17)29(22,26)27/h3-11,14,16H,12-13H2,1-2H3,(H,23,25)(H2,22,26,27)/b11-8+/t16-/m1/s1. The molecule has 2 aromatic carbocycles. The van der Waals surface area contributed by atoms with E-state index < -0.39 is 28.0 Å². The van der Waals surface area contributed by atoms with Crippen LogP contribution >= 0.6 is 0 Å². The molecular formula is C21H24N2O5S. The quantitative estimate of drug-likeness (QED) is 0.504. The number of hydrogen-bond donors (Lipinski definition) is 2. The number of benzene rings is 2. The van der Waals surface area contributed by atoms with Gasteiger partial charge in [0.2, 0.25) is 10.0 Å². The van der Waals surface area contributed by atoms with Gasteiger partial charge in [0.1, 0.15) is 0 Å². The largest absolute Gasteiger partial charge is 0.449 e. The number of nitrogens with one attached hydrogen (secondary N) is 1. The Hall–Kier alpha value is -2.97. The highest BCUT2D eigenvalue weighted by Gasteiger charge is 2.16. The van der Waals surface area contributed by atoms with Crippen molar-refractivity contribution in [2.75, 3.05) is 6.54 Å². The average Bonchev–Trinajstić information content (AvgIpc) is 2.66. The summed E-state index contributed by atoms with van der Waals surface area (Å²) in [7, 11) is -3.72. The lowest BCUT2D eigenvalue weighted by molar-refractivity contribution is -0.150. The Morgan fingerprint density at radius 3 is 2.48 bits per heavy atom. The van der Waals surface area contributed by atoms with E-state index in [1.54, 1.807) is 18.2 Å². The number of carbonyl (C=O) groups is 2. The maximum Gasteiger partial charge on any atom is 0.331 e. The van der Waals surface area contributed by atoms with Gasteiger partial charge in [-0.05, 0) is 49.6 Å². The van der Waals surface area contributed by atoms with Gasteiger partial charge in [-0.15, -0.1) is 0 Å². The van der Waals surface area contributed by atoms with E-state index in [1.807, 2.05) is 31.2 Å². The highest BCUT2D eigenvalue weighted by molar-refractivity contribution is 7.89. The zero-order valence-corrected chi connectivity index (χ0v) is 17.1. The van der Waals surface area contributed by atoms with Crippen LogP contribution in [0.3, 0.4) is 0 Å². The number of carbonyl (C=O) groups excluding carboxylic acids is 2. The number of rotatable bonds is 8. The Morgan fingerprint density at radius 1 is 1.17 bits per heavy atom. The third-order valence-corrected chi connectivity index (χ3v) is 5.01. The summed E-state index contributed by atoms with van der Waals surface area (Å²) in [6.07, 6.45) is 2.47. The molecule has 0 heterocycles. The van der Waals surface area contributed by atoms with E-state index in [0.29, 0.717) is 13.0 Å². The molecule has 0 aliphatic carbocycles. The van der Waals surface area contributed by atoms with Crippen molar-refractivity contribution in [3.8, 4) is 0 Å². The first-order chi connectivity index (χ1) is 13.6. The van der Waals surface area contributed by atoms with E-state index in [1.165, 1.54) is 25.1 Å². The maximum atomic E-state index is 12.1. The first kappa shape index (κ1) is 22.3. The molecule has 2 aromatic rings. The fraction of sp³-hybridized carbons (Fsp3) is 0.238. The predicted molar refractivity (Wildman–Crippen MR) is 110 cm³/mol. The van der Waals surface area contributed by atoms with Crippen molar-refractivity contribution in [2.24, 2.45) is 5.14 Å². The zero-order chi connectivity index (χ0) is 21.4. The summed E-state index contributed by atoms with van der Waals surface area (Å²) in [5.74, 6) is -1.02. The van der Waals surface area contributed by atoms with Crippen molar-refractivity contribution in [3.63, 3.8) is 0 Å². The molecule has 0 saturated carbocycles. The summed E-state index contributed by atoms with van der Waals surface area (Å²) in [6, 6.07) is 13.7. The van der Waals surface area contributed by atoms with Gasteiger partial charge in [-0.3, -0.25) is 4.79 Å². The van der Waals surface area contributed by atoms with Gasteiger partial charge in [0, 0.05) is 12.6 Å². The van der Waals surface area contributed by atoms with Crippen LogP contribution < -0.4 is 10.5 Å². The molecule has 1 amide bonds. The Kier molecular flexibility index (Phi) is 7.69. The summed E-state index contributed by atoms with van der Waals surface area (Å²) in [6.45, 7) is 3.76. The lowest BCUT2D eigenvalue weighted by Gasteiger charge is -2.12. The number of nitrogens with two attached hydrogens (primary N) is 1. The summed E-state index contributed by atoms with van der Waals surface area (Å²) < 4.78 is 27.6. The Morgan fingerprint density at radius 2 is 1.86 bits per heavy atom. The highest BCUT2D eigenvalue weighted by Crippen LogP contribution is 2.09. The zero-order valence-electron chi connectivity index (χ0n) is 16.3. The van der Waals surface area contributed by atoms with Gasteiger partial charge in [-0.2, -0.15) is 0 Å². The molecule has 0 spiro atoms. The SMILES string of the molecule is Cc1cccc(/C=C/C(=O)O[C@H](C)C(=O)NCCc2ccc(S(N)(=O)=O)cc2)c1. The maximum absolute atomic E-state index is 12.1. The second-order valence-electron chi connectivity index (χ2n) is 6.56. The summed E-state index contributed by atoms with van der Waals surface area (Å²) in [5.41, 5.74) is 2.78. The van der Waals surface area contributed by atoms with E-state index in [4.69, 9.17) is 9.88 Å². The molecule has 8 heteroatoms. The number of sulfonamides is 1. The van der Waals surface area contributed by atoms with Crippen molar-refractivity contribution >= 4 is 28.0 Å². The number of ether oxygens (including phenoxy) is 1. The van der Waals surface area contributed by atoms with Crippen molar-refractivity contribution < 1.29 is 22.7 Å². The van der Waals surface area contributed by atoms with E-state index in [2.05, 4.69) is 5.32 Å². The van der Waals surface area contributed by atoms with Crippen LogP contribution in [0.15, 0.2) is 59.5 Å². The smallest absolute Gasteiger partial charge is 0.331 e. The summed E-state index contributed by atoms with van der Waals surface area (Å²) >= 11 is 0. The molecule has 0 bridgehead atoms. The highest BCUT2D eigenvalue weighted by atomic mass is 32.2. The van der Waals surface area contributed by atoms with E-state index in [-0.39, 0.29) is 4.90 Å². The van der Waals surface area contributed by atoms with E-state index in [9.17, 15) is 18.0 Å². The molecule has 7 nitrogen and oxygen atoms in total. The van der Waals surface area contributed by atoms with Gasteiger partial charge in [-0.1, -0.05) is 42.0 Å². The van der Waals surface area contributed by atoms with Gasteiger partial charge in [0.15, 0.2) is 6.10 Å². The van der Waals surface area contributed by atoms with Crippen LogP contribution in [0.1, 0.15) is 23.6 Å². The van der Waals surface area contributed by atoms with Crippen LogP contribution in [0, 0.1) is 6.92 Å². The molecule has 154 valence electrons. The monoisotopic (exact) mass is 416 g/mol. The lowest BCUT2D eigenvalue weighted by Crippen LogP contribution is -2.36. The minimum Gasteiger partial charge on any atom is -0.449 e. The molecule has 2 rings (SSSR count). The molecule has 0 unspecified atom stereocenters. The Bertz CT molecular complexity index is 998. The fourth-order valence-corrected chi connectivity index (χ4v) is 3.04. The van der Waals surface area contributed by atoms with Crippen molar-refractivity contribution in [3.05, 3.63) is 71.3 Å². The van der Waals surface area contributed by atoms with Crippen LogP contribution in [-0.4, -0.2) is 32.9 Å². The first-order valence-corrected chi connectivity index (χ1v) is 10.5. The minimum atomic E-state index is -3.72. The number of aryl methyl sites for hydroxylation is 1. The molecule has 1 atom stereocenters. The molecular weight excluding hydrogens is 392 g/mol. The van der Waals surface area contributed by atoms with Crippen molar-refractivity contribution in [1.29, 1.82) is 0 Å². The van der Waals surface area contributed by atoms with Crippen LogP contribution in [0.4, 0.5) is 0 Å². The number of primary sulfonamides is 1. The van der Waals surface area contributed by atoms with Crippen LogP contribution in [0.5, 0.6) is 0 Å². The Balaban J connectivity index is 1.77. The van der Waals surface area contributed by atoms with E-state index in [0.717, 1.165) is 16.7 Å². The average molecular weight is 416 g/mol. The number of amides is 1. The molecule has 0 aliphatic heterocycles. The second kappa shape index (κ2) is 9.99. The molecule has 0 aromatic heterocycles. The second-order valence-corrected chi connectivity index (χ2v) is 8.12. The van der Waals surface area contributed by atoms with Gasteiger partial charge in [0.05, 0.1) is 4.90 Å². The normalized spacial score (nSPS) is 12.5. The molecule has 0 fully saturated rings. The predicted octanol–water partition coefficient (Wildman–Crippen LogP) is 1.95. The number of esters is 1. The summed E-state index contributed by atoms with van der Waals surface area (Å²) in [4.78, 5) is 24.0. The van der Waals surface area contributed by atoms with Gasteiger partial charge in [-0.25, -0.2) is 18.4 Å². The third kappa shape index (κ3) is 7.52. The molecule has 29 heavy (non-hydrogen) atoms. The molecule has 0 aliphatic rings. The van der Waals surface area contributed by atoms with Gasteiger partial charge < -0.3 is 10.1 Å². The van der Waals surface area contributed by atoms with Crippen molar-refractivity contribution in [2.45, 2.75) is 31.3 Å². The Labute approximate surface area is 170 Å². The molecule has 3 N–H and O–H groups in total. The summed E-state index contributed by atoms with van der Waals surface area (Å²) in [5, 5.41) is 7.73. The first-order valence-electron chi connectivity index (χ1n) is 9.00. The minimum absolute atomic E-state index is 0.0320. The van der Waals surface area contributed by atoms with Crippen LogP contribution in [0.2, 0.25) is 0 Å². The lowest BCUT2D eigenvalue weighted by atomic mass is 10.1. The fourth-order valence-electron chi connectivity index (χ4n) is 2.52. The van der Waals surface area contributed by atoms with Gasteiger partial charge in [0.25, 0.3) is 5.91 Å². The third-order valence-electron chi connectivity index (χ3n) is 4.08. The van der Waals surface area contributed by atoms with Crippen LogP contribution in [0.25, 0.3) is 6.08 Å². The van der Waals surface area contributed by atoms with E-state index >= 15 is 0 Å². The topological polar surface area (TPSA) is 116 Å². The van der Waals surface area contributed by atoms with Crippen molar-refractivity contribution in [1.82, 2.24) is 5.32 Å². The number of hydrogen-bond acceptors (Lipinski definition) is 5. The van der Waals surface area contributed by atoms with Crippen LogP contribution in [-0.2, 0) is 30.8 Å². The molecule has 0 radical (unpaired) electrons.